The quantitative estimate of drug-likeness (QED) is 0.935. The Morgan fingerprint density at radius 3 is 2.83 bits per heavy atom. The number of ether oxygens (including phenoxy) is 1. The third kappa shape index (κ3) is 3.54. The third-order valence-electron chi connectivity index (χ3n) is 4.18. The van der Waals surface area contributed by atoms with E-state index in [4.69, 9.17) is 4.74 Å². The number of benzene rings is 1. The summed E-state index contributed by atoms with van der Waals surface area (Å²) in [7, 11) is 0. The molecule has 1 aromatic heterocycles. The molecule has 6 heteroatoms. The molecule has 1 aliphatic rings. The first-order valence-corrected chi connectivity index (χ1v) is 8.23. The zero-order valence-corrected chi connectivity index (χ0v) is 14.1. The smallest absolute Gasteiger partial charge is 0.272 e. The van der Waals surface area contributed by atoms with Crippen LogP contribution >= 0.6 is 0 Å². The Balaban J connectivity index is 1.82. The van der Waals surface area contributed by atoms with Crippen LogP contribution in [0.5, 0.6) is 0 Å². The number of carbonyl (C=O) groups is 1. The van der Waals surface area contributed by atoms with Crippen LogP contribution in [-0.2, 0) is 11.2 Å². The van der Waals surface area contributed by atoms with Crippen LogP contribution in [-0.4, -0.2) is 47.1 Å². The Kier molecular flexibility index (Phi) is 5.05. The largest absolute Gasteiger partial charge is 0.378 e. The molecule has 1 fully saturated rings. The molecule has 2 heterocycles. The van der Waals surface area contributed by atoms with Gasteiger partial charge in [-0.1, -0.05) is 25.1 Å². The van der Waals surface area contributed by atoms with Gasteiger partial charge in [0.05, 0.1) is 13.2 Å². The molecule has 0 spiro atoms. The predicted octanol–water partition coefficient (Wildman–Crippen LogP) is 2.56. The molecule has 0 atom stereocenters. The second-order valence-electron chi connectivity index (χ2n) is 5.78. The van der Waals surface area contributed by atoms with E-state index in [9.17, 15) is 4.79 Å². The van der Waals surface area contributed by atoms with Crippen LogP contribution in [0.4, 0.5) is 11.5 Å². The molecule has 0 unspecified atom stereocenters. The second kappa shape index (κ2) is 7.40. The van der Waals surface area contributed by atoms with Crippen LogP contribution in [0.25, 0.3) is 0 Å². The standard InChI is InChI=1S/C18H22N4O2/c1-3-14-6-4-5-13(2)17(14)21-16-11-15(19-12-20-16)18(23)22-7-9-24-10-8-22/h4-6,11-12H,3,7-10H2,1-2H3,(H,19,20,21). The van der Waals surface area contributed by atoms with Crippen molar-refractivity contribution >= 4 is 17.4 Å². The van der Waals surface area contributed by atoms with E-state index in [0.29, 0.717) is 37.8 Å². The normalized spacial score (nSPS) is 14.5. The van der Waals surface area contributed by atoms with Gasteiger partial charge in [-0.2, -0.15) is 0 Å². The molecule has 2 aromatic rings. The Labute approximate surface area is 141 Å². The molecule has 0 radical (unpaired) electrons. The lowest BCUT2D eigenvalue weighted by Gasteiger charge is -2.26. The van der Waals surface area contributed by atoms with Gasteiger partial charge >= 0.3 is 0 Å². The monoisotopic (exact) mass is 326 g/mol. The van der Waals surface area contributed by atoms with Gasteiger partial charge in [-0.15, -0.1) is 0 Å². The van der Waals surface area contributed by atoms with Crippen LogP contribution < -0.4 is 5.32 Å². The number of para-hydroxylation sites is 1. The molecule has 126 valence electrons. The summed E-state index contributed by atoms with van der Waals surface area (Å²) in [5.41, 5.74) is 3.81. The zero-order valence-electron chi connectivity index (χ0n) is 14.1. The van der Waals surface area contributed by atoms with Gasteiger partial charge in [0.1, 0.15) is 17.8 Å². The zero-order chi connectivity index (χ0) is 16.9. The lowest BCUT2D eigenvalue weighted by Crippen LogP contribution is -2.41. The number of amides is 1. The van der Waals surface area contributed by atoms with E-state index in [1.807, 2.05) is 6.07 Å². The highest BCUT2D eigenvalue weighted by Crippen LogP contribution is 2.24. The number of rotatable bonds is 4. The summed E-state index contributed by atoms with van der Waals surface area (Å²) in [5.74, 6) is 0.551. The van der Waals surface area contributed by atoms with Gasteiger partial charge in [0.2, 0.25) is 0 Å². The maximum Gasteiger partial charge on any atom is 0.272 e. The maximum absolute atomic E-state index is 12.5. The van der Waals surface area contributed by atoms with Gasteiger partial charge in [0, 0.05) is 24.8 Å². The molecule has 24 heavy (non-hydrogen) atoms. The minimum Gasteiger partial charge on any atom is -0.378 e. The Morgan fingerprint density at radius 1 is 1.29 bits per heavy atom. The number of anilines is 2. The molecule has 0 aliphatic carbocycles. The van der Waals surface area contributed by atoms with Crippen molar-refractivity contribution in [2.45, 2.75) is 20.3 Å². The molecule has 1 aromatic carbocycles. The topological polar surface area (TPSA) is 67.4 Å². The van der Waals surface area contributed by atoms with Crippen LogP contribution in [0.2, 0.25) is 0 Å². The van der Waals surface area contributed by atoms with E-state index >= 15 is 0 Å². The van der Waals surface area contributed by atoms with Gasteiger partial charge in [-0.25, -0.2) is 9.97 Å². The van der Waals surface area contributed by atoms with Gasteiger partial charge in [0.15, 0.2) is 0 Å². The van der Waals surface area contributed by atoms with E-state index in [1.165, 1.54) is 11.9 Å². The summed E-state index contributed by atoms with van der Waals surface area (Å²) < 4.78 is 5.29. The summed E-state index contributed by atoms with van der Waals surface area (Å²) >= 11 is 0. The van der Waals surface area contributed by atoms with Gasteiger partial charge < -0.3 is 15.0 Å². The SMILES string of the molecule is CCc1cccc(C)c1Nc1cc(C(=O)N2CCOCC2)ncn1. The third-order valence-corrected chi connectivity index (χ3v) is 4.18. The van der Waals surface area contributed by atoms with E-state index in [-0.39, 0.29) is 5.91 Å². The van der Waals surface area contributed by atoms with E-state index < -0.39 is 0 Å². The summed E-state index contributed by atoms with van der Waals surface area (Å²) in [6.07, 6.45) is 2.36. The molecule has 3 rings (SSSR count). The minimum atomic E-state index is -0.0794. The number of aromatic nitrogens is 2. The summed E-state index contributed by atoms with van der Waals surface area (Å²) in [6.45, 7) is 6.53. The Morgan fingerprint density at radius 2 is 2.08 bits per heavy atom. The molecular weight excluding hydrogens is 304 g/mol. The average molecular weight is 326 g/mol. The van der Waals surface area contributed by atoms with Crippen molar-refractivity contribution in [3.8, 4) is 0 Å². The predicted molar refractivity (Wildman–Crippen MR) is 92.6 cm³/mol. The van der Waals surface area contributed by atoms with E-state index in [1.54, 1.807) is 11.0 Å². The second-order valence-corrected chi connectivity index (χ2v) is 5.78. The molecule has 0 saturated carbocycles. The maximum atomic E-state index is 12.5. The Bertz CT molecular complexity index is 727. The van der Waals surface area contributed by atoms with Crippen molar-refractivity contribution < 1.29 is 9.53 Å². The van der Waals surface area contributed by atoms with Gasteiger partial charge in [0.25, 0.3) is 5.91 Å². The highest BCUT2D eigenvalue weighted by atomic mass is 16.5. The van der Waals surface area contributed by atoms with Crippen molar-refractivity contribution in [2.24, 2.45) is 0 Å². The van der Waals surface area contributed by atoms with Crippen LogP contribution in [0.1, 0.15) is 28.5 Å². The molecule has 1 aliphatic heterocycles. The lowest BCUT2D eigenvalue weighted by atomic mass is 10.1. The molecular formula is C18H22N4O2. The Hall–Kier alpha value is -2.47. The number of hydrogen-bond donors (Lipinski definition) is 1. The van der Waals surface area contributed by atoms with Crippen LogP contribution in [0.15, 0.2) is 30.6 Å². The summed E-state index contributed by atoms with van der Waals surface area (Å²) in [6, 6.07) is 7.91. The first-order chi connectivity index (χ1) is 11.7. The van der Waals surface area contributed by atoms with Gasteiger partial charge in [-0.05, 0) is 24.5 Å². The summed E-state index contributed by atoms with van der Waals surface area (Å²) in [4.78, 5) is 22.7. The fourth-order valence-corrected chi connectivity index (χ4v) is 2.80. The van der Waals surface area contributed by atoms with Gasteiger partial charge in [-0.3, -0.25) is 4.79 Å². The molecule has 1 amide bonds. The molecule has 1 saturated heterocycles. The van der Waals surface area contributed by atoms with Crippen LogP contribution in [0, 0.1) is 6.92 Å². The van der Waals surface area contributed by atoms with E-state index in [2.05, 4.69) is 41.3 Å². The van der Waals surface area contributed by atoms with Crippen LogP contribution in [0.3, 0.4) is 0 Å². The van der Waals surface area contributed by atoms with Crippen molar-refractivity contribution in [2.75, 3.05) is 31.6 Å². The minimum absolute atomic E-state index is 0.0794. The molecule has 1 N–H and O–H groups in total. The first kappa shape index (κ1) is 16.4. The number of nitrogens with one attached hydrogen (secondary N) is 1. The molecule has 6 nitrogen and oxygen atoms in total. The number of nitrogens with zero attached hydrogens (tertiary/aromatic N) is 3. The number of carbonyl (C=O) groups excluding carboxylic acids is 1. The van der Waals surface area contributed by atoms with Crippen molar-refractivity contribution in [1.82, 2.24) is 14.9 Å². The van der Waals surface area contributed by atoms with Crippen molar-refractivity contribution in [3.05, 3.63) is 47.4 Å². The van der Waals surface area contributed by atoms with Crippen molar-refractivity contribution in [1.29, 1.82) is 0 Å². The van der Waals surface area contributed by atoms with E-state index in [0.717, 1.165) is 17.7 Å². The first-order valence-electron chi connectivity index (χ1n) is 8.23. The van der Waals surface area contributed by atoms with Crippen molar-refractivity contribution in [3.63, 3.8) is 0 Å². The number of hydrogen-bond acceptors (Lipinski definition) is 5. The average Bonchev–Trinajstić information content (AvgIpc) is 2.64. The number of morpholine rings is 1. The summed E-state index contributed by atoms with van der Waals surface area (Å²) in [5, 5.41) is 3.34. The molecule has 0 bridgehead atoms. The highest BCUT2D eigenvalue weighted by molar-refractivity contribution is 5.93. The lowest BCUT2D eigenvalue weighted by molar-refractivity contribution is 0.0299. The fraction of sp³-hybridized carbons (Fsp3) is 0.389. The highest BCUT2D eigenvalue weighted by Gasteiger charge is 2.20. The fourth-order valence-electron chi connectivity index (χ4n) is 2.80. The number of aryl methyl sites for hydroxylation is 2.